The standard InChI is InChI=1S/C21H19ClN4O2S/c1-3-26-20(24-25-21(26)29-12-14-8-4-6-10-16(14)22)23-19(27)18-13(2)15-9-5-7-11-17(15)28-18/h4-11H,3,12H2,1-2H3,(H,23,24,27). The lowest BCUT2D eigenvalue weighted by Gasteiger charge is -2.08. The van der Waals surface area contributed by atoms with Gasteiger partial charge < -0.3 is 4.42 Å². The van der Waals surface area contributed by atoms with Crippen LogP contribution in [-0.4, -0.2) is 20.7 Å². The first-order chi connectivity index (χ1) is 14.1. The van der Waals surface area contributed by atoms with Crippen LogP contribution < -0.4 is 5.32 Å². The first kappa shape index (κ1) is 19.5. The molecule has 8 heteroatoms. The van der Waals surface area contributed by atoms with E-state index in [1.807, 2.05) is 66.9 Å². The van der Waals surface area contributed by atoms with Gasteiger partial charge in [-0.3, -0.25) is 14.7 Å². The van der Waals surface area contributed by atoms with Gasteiger partial charge in [-0.1, -0.05) is 59.8 Å². The van der Waals surface area contributed by atoms with Gasteiger partial charge in [0.1, 0.15) is 5.58 Å². The van der Waals surface area contributed by atoms with E-state index in [2.05, 4.69) is 15.5 Å². The molecule has 2 aromatic carbocycles. The first-order valence-corrected chi connectivity index (χ1v) is 10.5. The Bertz CT molecular complexity index is 1180. The van der Waals surface area contributed by atoms with Crippen LogP contribution in [0, 0.1) is 6.92 Å². The first-order valence-electron chi connectivity index (χ1n) is 9.17. The SMILES string of the molecule is CCn1c(NC(=O)c2oc3ccccc3c2C)nnc1SCc1ccccc1Cl. The van der Waals surface area contributed by atoms with Crippen LogP contribution in [0.25, 0.3) is 11.0 Å². The molecule has 0 aliphatic heterocycles. The number of thioether (sulfide) groups is 1. The van der Waals surface area contributed by atoms with Crippen molar-refractivity contribution in [2.45, 2.75) is 31.3 Å². The van der Waals surface area contributed by atoms with Crippen molar-refractivity contribution < 1.29 is 9.21 Å². The van der Waals surface area contributed by atoms with Crippen molar-refractivity contribution >= 4 is 46.2 Å². The van der Waals surface area contributed by atoms with Crippen molar-refractivity contribution in [1.82, 2.24) is 14.8 Å². The molecule has 0 fully saturated rings. The minimum absolute atomic E-state index is 0.280. The molecule has 29 heavy (non-hydrogen) atoms. The smallest absolute Gasteiger partial charge is 0.294 e. The van der Waals surface area contributed by atoms with Crippen LogP contribution in [0.15, 0.2) is 58.1 Å². The lowest BCUT2D eigenvalue weighted by Crippen LogP contribution is -2.16. The largest absolute Gasteiger partial charge is 0.451 e. The average molecular weight is 427 g/mol. The van der Waals surface area contributed by atoms with E-state index in [-0.39, 0.29) is 11.7 Å². The summed E-state index contributed by atoms with van der Waals surface area (Å²) in [7, 11) is 0. The molecule has 0 aliphatic rings. The molecule has 0 radical (unpaired) electrons. The van der Waals surface area contributed by atoms with Gasteiger partial charge in [0.15, 0.2) is 10.9 Å². The van der Waals surface area contributed by atoms with E-state index in [1.165, 1.54) is 11.8 Å². The Balaban J connectivity index is 1.53. The lowest BCUT2D eigenvalue weighted by atomic mass is 10.1. The molecular formula is C21H19ClN4O2S. The Morgan fingerprint density at radius 2 is 1.93 bits per heavy atom. The monoisotopic (exact) mass is 426 g/mol. The molecule has 0 spiro atoms. The number of aryl methyl sites for hydroxylation is 1. The van der Waals surface area contributed by atoms with E-state index in [4.69, 9.17) is 16.0 Å². The quantitative estimate of drug-likeness (QED) is 0.409. The fourth-order valence-electron chi connectivity index (χ4n) is 3.08. The molecule has 0 saturated heterocycles. The number of aromatic nitrogens is 3. The molecule has 0 atom stereocenters. The zero-order chi connectivity index (χ0) is 20.4. The van der Waals surface area contributed by atoms with Crippen LogP contribution in [0.4, 0.5) is 5.95 Å². The molecule has 148 valence electrons. The molecule has 4 aromatic rings. The maximum absolute atomic E-state index is 12.8. The topological polar surface area (TPSA) is 73.0 Å². The zero-order valence-electron chi connectivity index (χ0n) is 16.0. The van der Waals surface area contributed by atoms with Gasteiger partial charge >= 0.3 is 0 Å². The Labute approximate surface area is 177 Å². The van der Waals surface area contributed by atoms with Gasteiger partial charge in [0.25, 0.3) is 5.91 Å². The summed E-state index contributed by atoms with van der Waals surface area (Å²) in [5.74, 6) is 0.985. The number of halogens is 1. The predicted molar refractivity (Wildman–Crippen MR) is 116 cm³/mol. The molecule has 0 saturated carbocycles. The zero-order valence-corrected chi connectivity index (χ0v) is 17.5. The number of rotatable bonds is 6. The highest BCUT2D eigenvalue weighted by molar-refractivity contribution is 7.98. The van der Waals surface area contributed by atoms with Crippen LogP contribution in [-0.2, 0) is 12.3 Å². The molecular weight excluding hydrogens is 408 g/mol. The molecule has 1 amide bonds. The fourth-order valence-corrected chi connectivity index (χ4v) is 4.37. The number of nitrogens with zero attached hydrogens (tertiary/aromatic N) is 3. The van der Waals surface area contributed by atoms with E-state index in [1.54, 1.807) is 0 Å². The Kier molecular flexibility index (Phi) is 5.60. The third-order valence-corrected chi connectivity index (χ3v) is 6.01. The number of carbonyl (C=O) groups excluding carboxylic acids is 1. The van der Waals surface area contributed by atoms with Gasteiger partial charge in [0, 0.05) is 28.3 Å². The van der Waals surface area contributed by atoms with Crippen LogP contribution in [0.1, 0.15) is 28.6 Å². The minimum atomic E-state index is -0.344. The summed E-state index contributed by atoms with van der Waals surface area (Å²) in [5.41, 5.74) is 2.50. The number of para-hydroxylation sites is 1. The number of benzene rings is 2. The molecule has 2 aromatic heterocycles. The summed E-state index contributed by atoms with van der Waals surface area (Å²) in [6, 6.07) is 15.3. The molecule has 2 heterocycles. The number of amides is 1. The second kappa shape index (κ2) is 8.31. The minimum Gasteiger partial charge on any atom is -0.451 e. The van der Waals surface area contributed by atoms with Gasteiger partial charge in [0.05, 0.1) is 0 Å². The fraction of sp³-hybridized carbons (Fsp3) is 0.190. The number of furan rings is 1. The van der Waals surface area contributed by atoms with Crippen molar-refractivity contribution in [3.05, 3.63) is 70.4 Å². The van der Waals surface area contributed by atoms with Crippen molar-refractivity contribution in [3.63, 3.8) is 0 Å². The van der Waals surface area contributed by atoms with Crippen LogP contribution in [0.2, 0.25) is 5.02 Å². The Hall–Kier alpha value is -2.77. The van der Waals surface area contributed by atoms with E-state index in [0.717, 1.165) is 21.5 Å². The molecule has 0 unspecified atom stereocenters. The number of carbonyl (C=O) groups is 1. The maximum atomic E-state index is 12.8. The van der Waals surface area contributed by atoms with Gasteiger partial charge in [-0.05, 0) is 31.5 Å². The van der Waals surface area contributed by atoms with E-state index < -0.39 is 0 Å². The van der Waals surface area contributed by atoms with Gasteiger partial charge in [0.2, 0.25) is 5.95 Å². The van der Waals surface area contributed by atoms with Crippen molar-refractivity contribution in [1.29, 1.82) is 0 Å². The van der Waals surface area contributed by atoms with Crippen LogP contribution >= 0.6 is 23.4 Å². The molecule has 1 N–H and O–H groups in total. The van der Waals surface area contributed by atoms with Crippen molar-refractivity contribution in [2.75, 3.05) is 5.32 Å². The molecule has 4 rings (SSSR count). The maximum Gasteiger partial charge on any atom is 0.294 e. The van der Waals surface area contributed by atoms with E-state index in [9.17, 15) is 4.79 Å². The number of nitrogens with one attached hydrogen (secondary N) is 1. The second-order valence-electron chi connectivity index (χ2n) is 6.44. The number of fused-ring (bicyclic) bond motifs is 1. The number of hydrogen-bond acceptors (Lipinski definition) is 5. The number of anilines is 1. The highest BCUT2D eigenvalue weighted by Gasteiger charge is 2.20. The Morgan fingerprint density at radius 3 is 2.69 bits per heavy atom. The van der Waals surface area contributed by atoms with Gasteiger partial charge in [-0.2, -0.15) is 0 Å². The summed E-state index contributed by atoms with van der Waals surface area (Å²) in [4.78, 5) is 12.8. The third kappa shape index (κ3) is 3.88. The van der Waals surface area contributed by atoms with Crippen molar-refractivity contribution in [3.8, 4) is 0 Å². The summed E-state index contributed by atoms with van der Waals surface area (Å²) in [5, 5.41) is 13.6. The lowest BCUT2D eigenvalue weighted by molar-refractivity contribution is 0.0996. The molecule has 0 bridgehead atoms. The summed E-state index contributed by atoms with van der Waals surface area (Å²) in [6.45, 7) is 4.47. The van der Waals surface area contributed by atoms with Gasteiger partial charge in [-0.25, -0.2) is 0 Å². The highest BCUT2D eigenvalue weighted by Crippen LogP contribution is 2.28. The number of hydrogen-bond donors (Lipinski definition) is 1. The van der Waals surface area contributed by atoms with E-state index in [0.29, 0.717) is 29.0 Å². The van der Waals surface area contributed by atoms with Crippen LogP contribution in [0.3, 0.4) is 0 Å². The highest BCUT2D eigenvalue weighted by atomic mass is 35.5. The average Bonchev–Trinajstić information content (AvgIpc) is 3.28. The van der Waals surface area contributed by atoms with E-state index >= 15 is 0 Å². The summed E-state index contributed by atoms with van der Waals surface area (Å²) >= 11 is 7.75. The molecule has 0 aliphatic carbocycles. The predicted octanol–water partition coefficient (Wildman–Crippen LogP) is 5.55. The summed E-state index contributed by atoms with van der Waals surface area (Å²) < 4.78 is 7.60. The summed E-state index contributed by atoms with van der Waals surface area (Å²) in [6.07, 6.45) is 0. The van der Waals surface area contributed by atoms with Crippen LogP contribution in [0.5, 0.6) is 0 Å². The Morgan fingerprint density at radius 1 is 1.17 bits per heavy atom. The normalized spacial score (nSPS) is 11.1. The van der Waals surface area contributed by atoms with Gasteiger partial charge in [-0.15, -0.1) is 10.2 Å². The second-order valence-corrected chi connectivity index (χ2v) is 7.79. The molecule has 6 nitrogen and oxygen atoms in total. The third-order valence-electron chi connectivity index (χ3n) is 4.62. The van der Waals surface area contributed by atoms with Crippen molar-refractivity contribution in [2.24, 2.45) is 0 Å².